The maximum absolute atomic E-state index is 12.6. The molecule has 0 radical (unpaired) electrons. The van der Waals surface area contributed by atoms with E-state index in [0.29, 0.717) is 23.4 Å². The van der Waals surface area contributed by atoms with E-state index in [1.807, 2.05) is 19.3 Å². The third-order valence-electron chi connectivity index (χ3n) is 4.53. The van der Waals surface area contributed by atoms with Gasteiger partial charge in [-0.2, -0.15) is 0 Å². The Balaban J connectivity index is 1.79. The second kappa shape index (κ2) is 5.74. The molecule has 2 N–H and O–H groups in total. The molecule has 21 heavy (non-hydrogen) atoms. The lowest BCUT2D eigenvalue weighted by molar-refractivity contribution is 0.538. The molecule has 1 aromatic rings. The van der Waals surface area contributed by atoms with Crippen LogP contribution in [0, 0.1) is 5.92 Å². The highest BCUT2D eigenvalue weighted by atomic mass is 32.2. The molecule has 0 amide bonds. The van der Waals surface area contributed by atoms with Crippen LogP contribution in [0.1, 0.15) is 50.8 Å². The number of hydrogen-bond acceptors (Lipinski definition) is 3. The van der Waals surface area contributed by atoms with Crippen molar-refractivity contribution in [2.75, 3.05) is 7.05 Å². The molecule has 1 heterocycles. The van der Waals surface area contributed by atoms with Crippen LogP contribution in [0.15, 0.2) is 17.2 Å². The predicted octanol–water partition coefficient (Wildman–Crippen LogP) is 2.01. The van der Waals surface area contributed by atoms with E-state index in [1.165, 1.54) is 0 Å². The van der Waals surface area contributed by atoms with Crippen LogP contribution in [-0.2, 0) is 16.6 Å². The Kier molecular flexibility index (Phi) is 4.12. The molecule has 2 unspecified atom stereocenters. The molecule has 0 aromatic carbocycles. The van der Waals surface area contributed by atoms with Crippen LogP contribution < -0.4 is 10.0 Å². The Labute approximate surface area is 127 Å². The van der Waals surface area contributed by atoms with E-state index in [2.05, 4.69) is 21.5 Å². The minimum absolute atomic E-state index is 0.0991. The number of nitrogens with zero attached hydrogens (tertiary/aromatic N) is 1. The van der Waals surface area contributed by atoms with E-state index in [-0.39, 0.29) is 6.04 Å². The second-order valence-electron chi connectivity index (χ2n) is 6.57. The van der Waals surface area contributed by atoms with Gasteiger partial charge >= 0.3 is 0 Å². The van der Waals surface area contributed by atoms with Crippen molar-refractivity contribution in [1.29, 1.82) is 0 Å². The van der Waals surface area contributed by atoms with E-state index in [1.54, 1.807) is 0 Å². The minimum atomic E-state index is -3.39. The standard InChI is InChI=1S/C15H25N3O2S/c1-11-3-4-12(7-11)17-21(19,20)15-8-14(9-16-2)18(10-15)13-5-6-13/h8,10-13,16-17H,3-7,9H2,1-2H3. The molecule has 118 valence electrons. The molecule has 0 spiro atoms. The topological polar surface area (TPSA) is 63.1 Å². The Hall–Kier alpha value is -0.850. The van der Waals surface area contributed by atoms with Gasteiger partial charge in [-0.15, -0.1) is 0 Å². The van der Waals surface area contributed by atoms with Crippen LogP contribution in [0.2, 0.25) is 0 Å². The van der Waals surface area contributed by atoms with E-state index in [4.69, 9.17) is 0 Å². The first-order chi connectivity index (χ1) is 9.99. The molecule has 2 atom stereocenters. The first kappa shape index (κ1) is 15.1. The lowest BCUT2D eigenvalue weighted by atomic mass is 10.1. The largest absolute Gasteiger partial charge is 0.346 e. The fourth-order valence-electron chi connectivity index (χ4n) is 3.26. The molecule has 2 saturated carbocycles. The van der Waals surface area contributed by atoms with E-state index in [9.17, 15) is 8.42 Å². The smallest absolute Gasteiger partial charge is 0.242 e. The highest BCUT2D eigenvalue weighted by molar-refractivity contribution is 7.89. The molecule has 0 bridgehead atoms. The number of hydrogen-bond donors (Lipinski definition) is 2. The average Bonchev–Trinajstić information content (AvgIpc) is 3.05. The van der Waals surface area contributed by atoms with Gasteiger partial charge in [-0.05, 0) is 51.1 Å². The molecule has 2 aliphatic carbocycles. The van der Waals surface area contributed by atoms with Crippen molar-refractivity contribution < 1.29 is 8.42 Å². The maximum atomic E-state index is 12.6. The van der Waals surface area contributed by atoms with Gasteiger partial charge in [-0.3, -0.25) is 0 Å². The number of sulfonamides is 1. The van der Waals surface area contributed by atoms with Gasteiger partial charge in [0.15, 0.2) is 0 Å². The van der Waals surface area contributed by atoms with Crippen LogP contribution in [0.3, 0.4) is 0 Å². The summed E-state index contributed by atoms with van der Waals surface area (Å²) in [5.41, 5.74) is 1.06. The summed E-state index contributed by atoms with van der Waals surface area (Å²) in [7, 11) is -1.51. The van der Waals surface area contributed by atoms with Crippen LogP contribution in [0.4, 0.5) is 0 Å². The van der Waals surface area contributed by atoms with Gasteiger partial charge < -0.3 is 9.88 Å². The average molecular weight is 311 g/mol. The van der Waals surface area contributed by atoms with E-state index < -0.39 is 10.0 Å². The van der Waals surface area contributed by atoms with Gasteiger partial charge in [0, 0.05) is 30.5 Å². The minimum Gasteiger partial charge on any atom is -0.346 e. The number of aromatic nitrogens is 1. The quantitative estimate of drug-likeness (QED) is 0.845. The molecule has 2 fully saturated rings. The van der Waals surface area contributed by atoms with Gasteiger partial charge in [-0.25, -0.2) is 13.1 Å². The lowest BCUT2D eigenvalue weighted by Gasteiger charge is -2.11. The SMILES string of the molecule is CNCc1cc(S(=O)(=O)NC2CCC(C)C2)cn1C1CC1. The van der Waals surface area contributed by atoms with Gasteiger partial charge in [0.1, 0.15) is 0 Å². The molecule has 6 heteroatoms. The summed E-state index contributed by atoms with van der Waals surface area (Å²) >= 11 is 0. The highest BCUT2D eigenvalue weighted by Crippen LogP contribution is 2.37. The van der Waals surface area contributed by atoms with Crippen molar-refractivity contribution in [1.82, 2.24) is 14.6 Å². The predicted molar refractivity (Wildman–Crippen MR) is 82.6 cm³/mol. The van der Waals surface area contributed by atoms with Crippen molar-refractivity contribution in [2.45, 2.75) is 62.6 Å². The highest BCUT2D eigenvalue weighted by Gasteiger charge is 2.30. The monoisotopic (exact) mass is 311 g/mol. The van der Waals surface area contributed by atoms with Gasteiger partial charge in [0.2, 0.25) is 10.0 Å². The van der Waals surface area contributed by atoms with Crippen molar-refractivity contribution in [3.63, 3.8) is 0 Å². The lowest BCUT2D eigenvalue weighted by Crippen LogP contribution is -2.32. The van der Waals surface area contributed by atoms with Gasteiger partial charge in [0.25, 0.3) is 0 Å². The Bertz CT molecular complexity index is 604. The summed E-state index contributed by atoms with van der Waals surface area (Å²) in [5, 5.41) is 3.11. The molecule has 2 aliphatic rings. The summed E-state index contributed by atoms with van der Waals surface area (Å²) in [5.74, 6) is 0.619. The zero-order valence-corrected chi connectivity index (χ0v) is 13.6. The Morgan fingerprint density at radius 1 is 1.29 bits per heavy atom. The molecular formula is C15H25N3O2S. The van der Waals surface area contributed by atoms with Crippen molar-refractivity contribution in [3.05, 3.63) is 18.0 Å². The first-order valence-electron chi connectivity index (χ1n) is 7.87. The second-order valence-corrected chi connectivity index (χ2v) is 8.29. The van der Waals surface area contributed by atoms with E-state index >= 15 is 0 Å². The van der Waals surface area contributed by atoms with Crippen LogP contribution in [0.5, 0.6) is 0 Å². The van der Waals surface area contributed by atoms with Crippen molar-refractivity contribution in [2.24, 2.45) is 5.92 Å². The number of nitrogens with one attached hydrogen (secondary N) is 2. The summed E-state index contributed by atoms with van der Waals surface area (Å²) in [6.45, 7) is 2.88. The molecule has 0 aliphatic heterocycles. The van der Waals surface area contributed by atoms with Crippen LogP contribution in [-0.4, -0.2) is 26.1 Å². The van der Waals surface area contributed by atoms with Gasteiger partial charge in [-0.1, -0.05) is 6.92 Å². The molecule has 0 saturated heterocycles. The van der Waals surface area contributed by atoms with Crippen molar-refractivity contribution in [3.8, 4) is 0 Å². The van der Waals surface area contributed by atoms with Crippen molar-refractivity contribution >= 4 is 10.0 Å². The summed E-state index contributed by atoms with van der Waals surface area (Å²) < 4.78 is 30.1. The Morgan fingerprint density at radius 2 is 2.05 bits per heavy atom. The zero-order valence-electron chi connectivity index (χ0n) is 12.8. The summed E-state index contributed by atoms with van der Waals surface area (Å²) in [6, 6.07) is 2.40. The first-order valence-corrected chi connectivity index (χ1v) is 9.35. The molecular weight excluding hydrogens is 286 g/mol. The number of rotatable bonds is 6. The van der Waals surface area contributed by atoms with Crippen LogP contribution in [0.25, 0.3) is 0 Å². The Morgan fingerprint density at radius 3 is 2.62 bits per heavy atom. The summed E-state index contributed by atoms with van der Waals surface area (Å²) in [6.07, 6.45) is 7.13. The third kappa shape index (κ3) is 3.33. The van der Waals surface area contributed by atoms with E-state index in [0.717, 1.165) is 37.8 Å². The molecule has 5 nitrogen and oxygen atoms in total. The summed E-state index contributed by atoms with van der Waals surface area (Å²) in [4.78, 5) is 0.416. The zero-order chi connectivity index (χ0) is 15.0. The van der Waals surface area contributed by atoms with Crippen LogP contribution >= 0.6 is 0 Å². The normalized spacial score (nSPS) is 26.4. The fraction of sp³-hybridized carbons (Fsp3) is 0.733. The molecule has 3 rings (SSSR count). The maximum Gasteiger partial charge on any atom is 0.242 e. The fourth-order valence-corrected chi connectivity index (χ4v) is 4.59. The van der Waals surface area contributed by atoms with Gasteiger partial charge in [0.05, 0.1) is 4.90 Å². The third-order valence-corrected chi connectivity index (χ3v) is 6.02. The molecule has 1 aromatic heterocycles.